The van der Waals surface area contributed by atoms with E-state index in [4.69, 9.17) is 9.47 Å². The molecule has 0 aromatic carbocycles. The van der Waals surface area contributed by atoms with Gasteiger partial charge in [-0.05, 0) is 64.7 Å². The van der Waals surface area contributed by atoms with Gasteiger partial charge in [-0.3, -0.25) is 19.1 Å². The van der Waals surface area contributed by atoms with Gasteiger partial charge in [0.05, 0.1) is 11.8 Å². The fourth-order valence-electron chi connectivity index (χ4n) is 5.93. The van der Waals surface area contributed by atoms with Gasteiger partial charge in [-0.2, -0.15) is 0 Å². The fourth-order valence-corrected chi connectivity index (χ4v) is 7.29. The minimum atomic E-state index is -3.89. The van der Waals surface area contributed by atoms with Crippen LogP contribution in [0.15, 0.2) is 12.7 Å². The van der Waals surface area contributed by atoms with Crippen LogP contribution in [-0.4, -0.2) is 102 Å². The molecule has 5 atom stereocenters. The predicted octanol–water partition coefficient (Wildman–Crippen LogP) is 2.19. The average Bonchev–Trinajstić information content (AvgIpc) is 3.87. The summed E-state index contributed by atoms with van der Waals surface area (Å²) in [4.78, 5) is 70.1. The second kappa shape index (κ2) is 13.0. The number of hydrogen-bond acceptors (Lipinski definition) is 9. The molecule has 46 heavy (non-hydrogen) atoms. The number of nitrogens with zero attached hydrogens (tertiary/aromatic N) is 2. The van der Waals surface area contributed by atoms with Crippen molar-refractivity contribution in [2.75, 3.05) is 19.6 Å². The van der Waals surface area contributed by atoms with Crippen LogP contribution in [0.25, 0.3) is 0 Å². The molecule has 0 spiro atoms. The molecular weight excluding hydrogens is 618 g/mol. The Bertz CT molecular complexity index is 1340. The average molecular weight is 668 g/mol. The summed E-state index contributed by atoms with van der Waals surface area (Å²) in [6, 6.07) is -2.32. The van der Waals surface area contributed by atoms with Gasteiger partial charge >= 0.3 is 12.2 Å². The van der Waals surface area contributed by atoms with Crippen molar-refractivity contribution in [2.24, 2.45) is 11.3 Å². The van der Waals surface area contributed by atoms with E-state index in [0.717, 1.165) is 19.3 Å². The number of carbonyl (C=O) groups is 5. The highest BCUT2D eigenvalue weighted by Gasteiger charge is 2.62. The smallest absolute Gasteiger partial charge is 0.410 e. The minimum absolute atomic E-state index is 0.0583. The van der Waals surface area contributed by atoms with Gasteiger partial charge in [0.25, 0.3) is 5.91 Å². The molecule has 15 heteroatoms. The fraction of sp³-hybridized carbons (Fsp3) is 0.774. The van der Waals surface area contributed by atoms with E-state index in [1.807, 2.05) is 0 Å². The van der Waals surface area contributed by atoms with Gasteiger partial charge in [-0.1, -0.05) is 26.8 Å². The Kier molecular flexibility index (Phi) is 10.1. The van der Waals surface area contributed by atoms with Crippen molar-refractivity contribution in [3.8, 4) is 0 Å². The molecule has 2 aliphatic heterocycles. The number of likely N-dealkylation sites (tertiary alicyclic amines) is 2. The van der Waals surface area contributed by atoms with E-state index in [9.17, 15) is 32.4 Å². The van der Waals surface area contributed by atoms with E-state index in [1.54, 1.807) is 46.4 Å². The molecule has 4 rings (SSSR count). The summed E-state index contributed by atoms with van der Waals surface area (Å²) in [6.07, 6.45) is 2.99. The van der Waals surface area contributed by atoms with Crippen LogP contribution in [0.2, 0.25) is 0 Å². The largest absolute Gasteiger partial charge is 0.444 e. The first-order valence-electron chi connectivity index (χ1n) is 16.0. The number of nitrogens with one attached hydrogen (secondary N) is 3. The molecule has 0 radical (unpaired) electrons. The Labute approximate surface area is 271 Å². The van der Waals surface area contributed by atoms with Crippen LogP contribution in [0.3, 0.4) is 0 Å². The van der Waals surface area contributed by atoms with E-state index >= 15 is 0 Å². The summed E-state index contributed by atoms with van der Waals surface area (Å²) in [7, 11) is -3.89. The molecular formula is C31H49N5O9S. The lowest BCUT2D eigenvalue weighted by Gasteiger charge is -2.36. The quantitative estimate of drug-likeness (QED) is 0.311. The van der Waals surface area contributed by atoms with Gasteiger partial charge in [0, 0.05) is 25.4 Å². The summed E-state index contributed by atoms with van der Waals surface area (Å²) in [5.74, 6) is -2.69. The lowest BCUT2D eigenvalue weighted by Crippen LogP contribution is -2.60. The zero-order chi connectivity index (χ0) is 34.2. The first-order valence-corrected chi connectivity index (χ1v) is 17.6. The first-order chi connectivity index (χ1) is 21.3. The molecule has 2 saturated carbocycles. The van der Waals surface area contributed by atoms with E-state index in [0.29, 0.717) is 25.9 Å². The maximum Gasteiger partial charge on any atom is 0.410 e. The SMILES string of the molecule is C=CC1C[C@]1(NC(=O)[C@@H]1C[C@@H](OC(=O)N2CCCCC2)CN1C(=O)[C@@H](NC(=O)OC(C)(C)C)C(C)(C)C)C(=O)NS(=O)(=O)C1CC1. The van der Waals surface area contributed by atoms with Gasteiger partial charge in [-0.25, -0.2) is 18.0 Å². The molecule has 2 aliphatic carbocycles. The van der Waals surface area contributed by atoms with Crippen molar-refractivity contribution in [1.82, 2.24) is 25.2 Å². The molecule has 5 amide bonds. The third-order valence-electron chi connectivity index (χ3n) is 8.75. The van der Waals surface area contributed by atoms with E-state index in [1.165, 1.54) is 11.0 Å². The number of piperidine rings is 1. The van der Waals surface area contributed by atoms with Gasteiger partial charge in [-0.15, -0.1) is 6.58 Å². The number of alkyl carbamates (subject to hydrolysis) is 1. The van der Waals surface area contributed by atoms with E-state index in [-0.39, 0.29) is 19.4 Å². The molecule has 2 heterocycles. The molecule has 1 unspecified atom stereocenters. The summed E-state index contributed by atoms with van der Waals surface area (Å²) in [5.41, 5.74) is -3.20. The molecule has 4 fully saturated rings. The maximum atomic E-state index is 14.2. The highest BCUT2D eigenvalue weighted by Crippen LogP contribution is 2.45. The summed E-state index contributed by atoms with van der Waals surface area (Å²) >= 11 is 0. The van der Waals surface area contributed by atoms with Crippen LogP contribution in [0.4, 0.5) is 9.59 Å². The lowest BCUT2D eigenvalue weighted by atomic mass is 9.85. The Balaban J connectivity index is 1.58. The second-order valence-electron chi connectivity index (χ2n) is 14.9. The molecule has 0 aromatic rings. The molecule has 258 valence electrons. The van der Waals surface area contributed by atoms with Gasteiger partial charge in [0.2, 0.25) is 21.8 Å². The van der Waals surface area contributed by atoms with E-state index in [2.05, 4.69) is 21.9 Å². The highest BCUT2D eigenvalue weighted by molar-refractivity contribution is 7.91. The molecule has 3 N–H and O–H groups in total. The zero-order valence-electron chi connectivity index (χ0n) is 27.7. The predicted molar refractivity (Wildman–Crippen MR) is 168 cm³/mol. The number of amides is 5. The number of carbonyl (C=O) groups excluding carboxylic acids is 5. The van der Waals surface area contributed by atoms with Gasteiger partial charge in [0.1, 0.15) is 29.3 Å². The van der Waals surface area contributed by atoms with Crippen molar-refractivity contribution >= 4 is 39.9 Å². The third kappa shape index (κ3) is 8.31. The molecule has 0 bridgehead atoms. The van der Waals surface area contributed by atoms with Crippen LogP contribution >= 0.6 is 0 Å². The zero-order valence-corrected chi connectivity index (χ0v) is 28.5. The van der Waals surface area contributed by atoms with Crippen molar-refractivity contribution < 1.29 is 41.9 Å². The first kappa shape index (κ1) is 35.5. The second-order valence-corrected chi connectivity index (χ2v) is 16.9. The Morgan fingerprint density at radius 2 is 1.63 bits per heavy atom. The number of hydrogen-bond donors (Lipinski definition) is 3. The van der Waals surface area contributed by atoms with Crippen LogP contribution < -0.4 is 15.4 Å². The Hall–Kier alpha value is -3.36. The Morgan fingerprint density at radius 1 is 1.00 bits per heavy atom. The minimum Gasteiger partial charge on any atom is -0.444 e. The highest BCUT2D eigenvalue weighted by atomic mass is 32.2. The van der Waals surface area contributed by atoms with Crippen molar-refractivity contribution in [1.29, 1.82) is 0 Å². The molecule has 4 aliphatic rings. The number of ether oxygens (including phenoxy) is 2. The molecule has 14 nitrogen and oxygen atoms in total. The summed E-state index contributed by atoms with van der Waals surface area (Å²) in [6.45, 7) is 15.0. The summed E-state index contributed by atoms with van der Waals surface area (Å²) in [5, 5.41) is 4.73. The van der Waals surface area contributed by atoms with Crippen LogP contribution in [0.1, 0.15) is 86.5 Å². The van der Waals surface area contributed by atoms with Crippen LogP contribution in [0, 0.1) is 11.3 Å². The standard InChI is InChI=1S/C31H49N5O9S/c1-8-19-17-31(19,26(39)34-46(42,43)21-12-13-21)33-24(37)22-16-20(44-28(41)35-14-10-9-11-15-35)18-36(22)25(38)23(29(2,3)4)32-27(40)45-30(5,6)7/h8,19-23H,1,9-18H2,2-7H3,(H,32,40)(H,33,37)(H,34,39)/t19?,20-,22+,23-,31-/m1/s1. The molecule has 2 saturated heterocycles. The van der Waals surface area contributed by atoms with Gasteiger partial charge < -0.3 is 29.9 Å². The van der Waals surface area contributed by atoms with E-state index < -0.39 is 85.8 Å². The van der Waals surface area contributed by atoms with Crippen LogP contribution in [-0.2, 0) is 33.9 Å². The van der Waals surface area contributed by atoms with Crippen molar-refractivity contribution in [2.45, 2.75) is 121 Å². The molecule has 0 aromatic heterocycles. The van der Waals surface area contributed by atoms with Crippen molar-refractivity contribution in [3.05, 3.63) is 12.7 Å². The normalized spacial score (nSPS) is 27.2. The topological polar surface area (TPSA) is 181 Å². The number of rotatable bonds is 9. The van der Waals surface area contributed by atoms with Crippen molar-refractivity contribution in [3.63, 3.8) is 0 Å². The van der Waals surface area contributed by atoms with Crippen LogP contribution in [0.5, 0.6) is 0 Å². The monoisotopic (exact) mass is 667 g/mol. The summed E-state index contributed by atoms with van der Waals surface area (Å²) < 4.78 is 38.4. The van der Waals surface area contributed by atoms with Gasteiger partial charge in [0.15, 0.2) is 0 Å². The number of sulfonamides is 1. The third-order valence-corrected chi connectivity index (χ3v) is 10.6. The Morgan fingerprint density at radius 3 is 2.15 bits per heavy atom. The lowest BCUT2D eigenvalue weighted by molar-refractivity contribution is -0.143. The maximum absolute atomic E-state index is 14.2.